The molecule has 2 rings (SSSR count). The van der Waals surface area contributed by atoms with Crippen LogP contribution in [0, 0.1) is 5.82 Å². The number of aromatic hydroxyl groups is 1. The summed E-state index contributed by atoms with van der Waals surface area (Å²) in [6.45, 7) is 0. The van der Waals surface area contributed by atoms with Crippen molar-refractivity contribution in [2.75, 3.05) is 0 Å². The van der Waals surface area contributed by atoms with Gasteiger partial charge in [-0.15, -0.1) is 0 Å². The average Bonchev–Trinajstić information content (AvgIpc) is 2.39. The minimum absolute atomic E-state index is 0.0622. The zero-order chi connectivity index (χ0) is 13.8. The molecule has 0 spiro atoms. The van der Waals surface area contributed by atoms with Crippen LogP contribution in [0.4, 0.5) is 4.39 Å². The zero-order valence-corrected chi connectivity index (χ0v) is 9.97. The molecule has 0 aromatic heterocycles. The number of hydrogen-bond donors (Lipinski definition) is 1. The highest BCUT2D eigenvalue weighted by atomic mass is 19.1. The molecule has 0 amide bonds. The molecule has 0 aliphatic heterocycles. The van der Waals surface area contributed by atoms with Crippen molar-refractivity contribution in [3.8, 4) is 5.75 Å². The van der Waals surface area contributed by atoms with Crippen molar-refractivity contribution < 1.29 is 19.1 Å². The van der Waals surface area contributed by atoms with Crippen molar-refractivity contribution in [2.24, 2.45) is 0 Å². The third-order valence-corrected chi connectivity index (χ3v) is 2.70. The number of carbonyl (C=O) groups is 2. The number of hydrogen-bond acceptors (Lipinski definition) is 3. The highest BCUT2D eigenvalue weighted by Crippen LogP contribution is 2.19. The van der Waals surface area contributed by atoms with Crippen LogP contribution in [0.15, 0.2) is 48.5 Å². The van der Waals surface area contributed by atoms with Crippen LogP contribution in [0.3, 0.4) is 0 Å². The molecular formula is C15H11FO3. The van der Waals surface area contributed by atoms with Crippen LogP contribution in [0.1, 0.15) is 27.1 Å². The smallest absolute Gasteiger partial charge is 0.174 e. The summed E-state index contributed by atoms with van der Waals surface area (Å²) in [6, 6.07) is 11.4. The summed E-state index contributed by atoms with van der Waals surface area (Å²) < 4.78 is 13.4. The second-order valence-electron chi connectivity index (χ2n) is 4.02. The average molecular weight is 258 g/mol. The van der Waals surface area contributed by atoms with Gasteiger partial charge in [-0.1, -0.05) is 24.3 Å². The van der Waals surface area contributed by atoms with Crippen LogP contribution in [0.2, 0.25) is 0 Å². The van der Waals surface area contributed by atoms with Gasteiger partial charge in [-0.3, -0.25) is 9.59 Å². The number of para-hydroxylation sites is 1. The number of ketones is 2. The van der Waals surface area contributed by atoms with Gasteiger partial charge in [0.05, 0.1) is 17.5 Å². The molecule has 0 atom stereocenters. The second-order valence-corrected chi connectivity index (χ2v) is 4.02. The number of benzene rings is 2. The van der Waals surface area contributed by atoms with Gasteiger partial charge in [0.1, 0.15) is 11.6 Å². The summed E-state index contributed by atoms with van der Waals surface area (Å²) in [7, 11) is 0. The van der Waals surface area contributed by atoms with Gasteiger partial charge >= 0.3 is 0 Å². The maximum atomic E-state index is 13.4. The molecular weight excluding hydrogens is 247 g/mol. The molecule has 0 aliphatic rings. The van der Waals surface area contributed by atoms with Crippen LogP contribution in [0.5, 0.6) is 5.75 Å². The van der Waals surface area contributed by atoms with E-state index in [0.29, 0.717) is 0 Å². The Kier molecular flexibility index (Phi) is 3.71. The van der Waals surface area contributed by atoms with Gasteiger partial charge in [0.15, 0.2) is 11.6 Å². The molecule has 1 N–H and O–H groups in total. The summed E-state index contributed by atoms with van der Waals surface area (Å²) in [4.78, 5) is 23.7. The molecule has 0 heterocycles. The normalized spacial score (nSPS) is 10.2. The second kappa shape index (κ2) is 5.44. The van der Waals surface area contributed by atoms with Gasteiger partial charge in [-0.05, 0) is 24.3 Å². The minimum atomic E-state index is -0.655. The number of carbonyl (C=O) groups excluding carboxylic acids is 2. The van der Waals surface area contributed by atoms with E-state index in [9.17, 15) is 19.1 Å². The molecule has 0 fully saturated rings. The summed E-state index contributed by atoms with van der Waals surface area (Å²) in [5, 5.41) is 9.51. The van der Waals surface area contributed by atoms with Gasteiger partial charge in [-0.25, -0.2) is 4.39 Å². The Morgan fingerprint density at radius 1 is 0.895 bits per heavy atom. The third kappa shape index (κ3) is 2.85. The molecule has 0 radical (unpaired) electrons. The van der Waals surface area contributed by atoms with E-state index >= 15 is 0 Å². The van der Waals surface area contributed by atoms with E-state index in [1.165, 1.54) is 30.3 Å². The lowest BCUT2D eigenvalue weighted by Gasteiger charge is -2.04. The number of halogens is 1. The summed E-state index contributed by atoms with van der Waals surface area (Å²) in [5.74, 6) is -1.98. The largest absolute Gasteiger partial charge is 0.507 e. The van der Waals surface area contributed by atoms with E-state index in [-0.39, 0.29) is 16.9 Å². The first kappa shape index (κ1) is 13.0. The lowest BCUT2D eigenvalue weighted by atomic mass is 10.0. The first-order valence-electron chi connectivity index (χ1n) is 5.68. The van der Waals surface area contributed by atoms with Crippen LogP contribution < -0.4 is 0 Å². The Labute approximate surface area is 109 Å². The molecule has 4 heteroatoms. The van der Waals surface area contributed by atoms with E-state index in [1.54, 1.807) is 12.1 Å². The molecule has 19 heavy (non-hydrogen) atoms. The number of Topliss-reactive ketones (excluding diaryl/α,β-unsaturated/α-hetero) is 2. The van der Waals surface area contributed by atoms with E-state index in [1.807, 2.05) is 0 Å². The van der Waals surface area contributed by atoms with Gasteiger partial charge < -0.3 is 5.11 Å². The number of rotatable bonds is 4. The topological polar surface area (TPSA) is 54.4 Å². The maximum Gasteiger partial charge on any atom is 0.174 e. The van der Waals surface area contributed by atoms with Crippen LogP contribution in [0.25, 0.3) is 0 Å². The highest BCUT2D eigenvalue weighted by molar-refractivity contribution is 6.14. The van der Waals surface area contributed by atoms with Gasteiger partial charge in [-0.2, -0.15) is 0 Å². The maximum absolute atomic E-state index is 13.4. The van der Waals surface area contributed by atoms with Crippen LogP contribution in [-0.4, -0.2) is 16.7 Å². The SMILES string of the molecule is O=C(CC(=O)c1ccccc1F)c1ccccc1O. The Morgan fingerprint density at radius 2 is 1.42 bits per heavy atom. The first-order chi connectivity index (χ1) is 9.09. The molecule has 3 nitrogen and oxygen atoms in total. The zero-order valence-electron chi connectivity index (χ0n) is 9.97. The van der Waals surface area contributed by atoms with Crippen molar-refractivity contribution in [1.82, 2.24) is 0 Å². The number of phenolic OH excluding ortho intramolecular Hbond substituents is 1. The van der Waals surface area contributed by atoms with E-state index in [4.69, 9.17) is 0 Å². The molecule has 0 aliphatic carbocycles. The molecule has 2 aromatic rings. The van der Waals surface area contributed by atoms with Gasteiger partial charge in [0.2, 0.25) is 0 Å². The molecule has 0 bridgehead atoms. The van der Waals surface area contributed by atoms with Crippen molar-refractivity contribution in [3.63, 3.8) is 0 Å². The molecule has 2 aromatic carbocycles. The number of phenols is 1. The standard InChI is InChI=1S/C15H11FO3/c16-12-7-3-1-5-10(12)14(18)9-15(19)11-6-2-4-8-13(11)17/h1-8,17H,9H2. The minimum Gasteiger partial charge on any atom is -0.507 e. The lowest BCUT2D eigenvalue weighted by molar-refractivity contribution is 0.0891. The molecule has 0 unspecified atom stereocenters. The molecule has 0 saturated carbocycles. The predicted octanol–water partition coefficient (Wildman–Crippen LogP) is 2.99. The summed E-state index contributed by atoms with van der Waals surface area (Å²) in [6.07, 6.45) is -0.474. The lowest BCUT2D eigenvalue weighted by Crippen LogP contribution is -2.10. The summed E-state index contributed by atoms with van der Waals surface area (Å²) in [5.41, 5.74) is -0.0570. The van der Waals surface area contributed by atoms with E-state index in [0.717, 1.165) is 6.07 Å². The fraction of sp³-hybridized carbons (Fsp3) is 0.0667. The van der Waals surface area contributed by atoms with E-state index in [2.05, 4.69) is 0 Å². The van der Waals surface area contributed by atoms with Crippen LogP contribution >= 0.6 is 0 Å². The Hall–Kier alpha value is -2.49. The van der Waals surface area contributed by atoms with Crippen molar-refractivity contribution >= 4 is 11.6 Å². The highest BCUT2D eigenvalue weighted by Gasteiger charge is 2.18. The Balaban J connectivity index is 2.19. The fourth-order valence-electron chi connectivity index (χ4n) is 1.73. The Morgan fingerprint density at radius 3 is 2.05 bits per heavy atom. The third-order valence-electron chi connectivity index (χ3n) is 2.70. The Bertz CT molecular complexity index is 579. The monoisotopic (exact) mass is 258 g/mol. The molecule has 96 valence electrons. The van der Waals surface area contributed by atoms with Gasteiger partial charge in [0, 0.05) is 0 Å². The quantitative estimate of drug-likeness (QED) is 0.677. The molecule has 0 saturated heterocycles. The van der Waals surface area contributed by atoms with Gasteiger partial charge in [0.25, 0.3) is 0 Å². The first-order valence-corrected chi connectivity index (χ1v) is 5.68. The summed E-state index contributed by atoms with van der Waals surface area (Å²) >= 11 is 0. The van der Waals surface area contributed by atoms with Crippen molar-refractivity contribution in [3.05, 3.63) is 65.5 Å². The predicted molar refractivity (Wildman–Crippen MR) is 67.8 cm³/mol. The van der Waals surface area contributed by atoms with Crippen molar-refractivity contribution in [1.29, 1.82) is 0 Å². The fourth-order valence-corrected chi connectivity index (χ4v) is 1.73. The van der Waals surface area contributed by atoms with Crippen LogP contribution in [-0.2, 0) is 0 Å². The van der Waals surface area contributed by atoms with E-state index < -0.39 is 23.8 Å². The van der Waals surface area contributed by atoms with Crippen molar-refractivity contribution in [2.45, 2.75) is 6.42 Å².